The molecule has 0 aliphatic heterocycles. The lowest BCUT2D eigenvalue weighted by Gasteiger charge is -2.16. The van der Waals surface area contributed by atoms with Crippen molar-refractivity contribution in [3.8, 4) is 0 Å². The lowest BCUT2D eigenvalue weighted by Crippen LogP contribution is -2.32. The fourth-order valence-electron chi connectivity index (χ4n) is 2.80. The highest BCUT2D eigenvalue weighted by Crippen LogP contribution is 2.23. The molecule has 3 rings (SSSR count). The normalized spacial score (nSPS) is 11.9. The van der Waals surface area contributed by atoms with Crippen molar-refractivity contribution in [3.05, 3.63) is 70.4 Å². The van der Waals surface area contributed by atoms with Crippen LogP contribution < -0.4 is 10.6 Å². The highest BCUT2D eigenvalue weighted by Gasteiger charge is 2.12. The molecule has 1 aromatic heterocycles. The van der Waals surface area contributed by atoms with Gasteiger partial charge >= 0.3 is 0 Å². The van der Waals surface area contributed by atoms with E-state index >= 15 is 0 Å². The van der Waals surface area contributed by atoms with Gasteiger partial charge in [0.1, 0.15) is 0 Å². The minimum Gasteiger partial charge on any atom is -0.351 e. The van der Waals surface area contributed by atoms with Gasteiger partial charge in [-0.15, -0.1) is 0 Å². The van der Waals surface area contributed by atoms with Crippen LogP contribution in [0.4, 0.5) is 0 Å². The topological polar surface area (TPSA) is 58.2 Å². The molecule has 1 heterocycles. The third-order valence-electron chi connectivity index (χ3n) is 4.09. The highest BCUT2D eigenvalue weighted by molar-refractivity contribution is 7.08. The second kappa shape index (κ2) is 7.94. The Hall–Kier alpha value is -2.66. The summed E-state index contributed by atoms with van der Waals surface area (Å²) >= 11 is 1.47. The molecule has 0 saturated carbocycles. The highest BCUT2D eigenvalue weighted by atomic mass is 32.1. The summed E-state index contributed by atoms with van der Waals surface area (Å²) in [5.74, 6) is -0.220. The molecule has 0 spiro atoms. The summed E-state index contributed by atoms with van der Waals surface area (Å²) in [6, 6.07) is 15.9. The molecule has 1 atom stereocenters. The van der Waals surface area contributed by atoms with E-state index < -0.39 is 0 Å². The quantitative estimate of drug-likeness (QED) is 0.707. The summed E-state index contributed by atoms with van der Waals surface area (Å²) in [5.41, 5.74) is 1.73. The molecule has 3 aromatic rings. The zero-order chi connectivity index (χ0) is 17.6. The summed E-state index contributed by atoms with van der Waals surface area (Å²) < 4.78 is 0. The molecule has 4 nitrogen and oxygen atoms in total. The van der Waals surface area contributed by atoms with Gasteiger partial charge in [-0.1, -0.05) is 42.5 Å². The number of benzene rings is 2. The maximum Gasteiger partial charge on any atom is 0.252 e. The molecule has 0 radical (unpaired) electrons. The largest absolute Gasteiger partial charge is 0.351 e. The SMILES string of the molecule is CC(NC(=O)CCNC(=O)c1ccsc1)c1cccc2ccccc12. The number of nitrogens with one attached hydrogen (secondary N) is 2. The summed E-state index contributed by atoms with van der Waals surface area (Å²) in [4.78, 5) is 24.0. The zero-order valence-corrected chi connectivity index (χ0v) is 14.8. The van der Waals surface area contributed by atoms with Gasteiger partial charge < -0.3 is 10.6 Å². The fraction of sp³-hybridized carbons (Fsp3) is 0.200. The van der Waals surface area contributed by atoms with Crippen molar-refractivity contribution < 1.29 is 9.59 Å². The number of amides is 2. The van der Waals surface area contributed by atoms with E-state index in [1.807, 2.05) is 36.6 Å². The smallest absolute Gasteiger partial charge is 0.252 e. The molecule has 5 heteroatoms. The van der Waals surface area contributed by atoms with Crippen LogP contribution in [0.15, 0.2) is 59.3 Å². The molecular weight excluding hydrogens is 332 g/mol. The Morgan fingerprint density at radius 2 is 1.88 bits per heavy atom. The fourth-order valence-corrected chi connectivity index (χ4v) is 3.44. The van der Waals surface area contributed by atoms with Gasteiger partial charge in [0.15, 0.2) is 0 Å². The van der Waals surface area contributed by atoms with Crippen LogP contribution in [0.3, 0.4) is 0 Å². The van der Waals surface area contributed by atoms with Crippen LogP contribution in [-0.4, -0.2) is 18.4 Å². The number of carbonyl (C=O) groups excluding carboxylic acids is 2. The van der Waals surface area contributed by atoms with Gasteiger partial charge in [-0.25, -0.2) is 0 Å². The molecule has 128 valence electrons. The summed E-state index contributed by atoms with van der Waals surface area (Å²) in [5, 5.41) is 11.7. The van der Waals surface area contributed by atoms with Gasteiger partial charge in [0.05, 0.1) is 6.04 Å². The van der Waals surface area contributed by atoms with Gasteiger partial charge in [-0.2, -0.15) is 11.3 Å². The number of hydrogen-bond acceptors (Lipinski definition) is 3. The minimum atomic E-state index is -0.142. The first-order chi connectivity index (χ1) is 12.1. The van der Waals surface area contributed by atoms with E-state index in [2.05, 4.69) is 28.8 Å². The van der Waals surface area contributed by atoms with Crippen LogP contribution in [-0.2, 0) is 4.79 Å². The third-order valence-corrected chi connectivity index (χ3v) is 4.77. The lowest BCUT2D eigenvalue weighted by atomic mass is 9.99. The standard InChI is InChI=1S/C20H20N2O2S/c1-14(17-8-4-6-15-5-2-3-7-18(15)17)22-19(23)9-11-21-20(24)16-10-12-25-13-16/h2-8,10,12-14H,9,11H2,1H3,(H,21,24)(H,22,23). The van der Waals surface area contributed by atoms with Crippen LogP contribution in [0.1, 0.15) is 35.3 Å². The molecule has 2 aromatic carbocycles. The molecule has 0 fully saturated rings. The van der Waals surface area contributed by atoms with Crippen molar-refractivity contribution in [3.63, 3.8) is 0 Å². The third kappa shape index (κ3) is 4.25. The number of rotatable bonds is 6. The van der Waals surface area contributed by atoms with Crippen molar-refractivity contribution >= 4 is 33.9 Å². The molecule has 2 amide bonds. The van der Waals surface area contributed by atoms with Crippen molar-refractivity contribution in [2.45, 2.75) is 19.4 Å². The van der Waals surface area contributed by atoms with E-state index in [9.17, 15) is 9.59 Å². The van der Waals surface area contributed by atoms with Crippen LogP contribution >= 0.6 is 11.3 Å². The monoisotopic (exact) mass is 352 g/mol. The van der Waals surface area contributed by atoms with Gasteiger partial charge in [0.2, 0.25) is 5.91 Å². The Bertz CT molecular complexity index is 869. The number of hydrogen-bond donors (Lipinski definition) is 2. The van der Waals surface area contributed by atoms with Crippen LogP contribution in [0, 0.1) is 0 Å². The Labute approximate surface area is 150 Å². The summed E-state index contributed by atoms with van der Waals surface area (Å²) in [6.07, 6.45) is 0.255. The molecular formula is C20H20N2O2S. The van der Waals surface area contributed by atoms with Gasteiger partial charge in [0, 0.05) is 23.9 Å². The molecule has 1 unspecified atom stereocenters. The minimum absolute atomic E-state index is 0.0777. The van der Waals surface area contributed by atoms with E-state index in [4.69, 9.17) is 0 Å². The average molecular weight is 352 g/mol. The maximum atomic E-state index is 12.2. The summed E-state index contributed by atoms with van der Waals surface area (Å²) in [7, 11) is 0. The number of carbonyl (C=O) groups is 2. The molecule has 0 aliphatic carbocycles. The summed E-state index contributed by atoms with van der Waals surface area (Å²) in [6.45, 7) is 2.30. The molecule has 25 heavy (non-hydrogen) atoms. The Morgan fingerprint density at radius 3 is 2.68 bits per heavy atom. The van der Waals surface area contributed by atoms with Gasteiger partial charge in [-0.05, 0) is 34.7 Å². The van der Waals surface area contributed by atoms with Crippen LogP contribution in [0.25, 0.3) is 10.8 Å². The lowest BCUT2D eigenvalue weighted by molar-refractivity contribution is -0.121. The van der Waals surface area contributed by atoms with Crippen LogP contribution in [0.2, 0.25) is 0 Å². The molecule has 0 aliphatic rings. The molecule has 0 saturated heterocycles. The second-order valence-corrected chi connectivity index (χ2v) is 6.66. The van der Waals surface area contributed by atoms with Crippen molar-refractivity contribution in [2.75, 3.05) is 6.54 Å². The first-order valence-corrected chi connectivity index (χ1v) is 9.17. The Kier molecular flexibility index (Phi) is 5.46. The van der Waals surface area contributed by atoms with Crippen molar-refractivity contribution in [1.82, 2.24) is 10.6 Å². The first-order valence-electron chi connectivity index (χ1n) is 8.22. The van der Waals surface area contributed by atoms with Crippen molar-refractivity contribution in [1.29, 1.82) is 0 Å². The van der Waals surface area contributed by atoms with Gasteiger partial charge in [0.25, 0.3) is 5.91 Å². The van der Waals surface area contributed by atoms with E-state index in [-0.39, 0.29) is 24.3 Å². The predicted molar refractivity (Wildman–Crippen MR) is 102 cm³/mol. The van der Waals surface area contributed by atoms with E-state index in [0.717, 1.165) is 16.3 Å². The Balaban J connectivity index is 1.54. The number of fused-ring (bicyclic) bond motifs is 1. The maximum absolute atomic E-state index is 12.2. The number of thiophene rings is 1. The zero-order valence-electron chi connectivity index (χ0n) is 14.0. The molecule has 0 bridgehead atoms. The average Bonchev–Trinajstić information content (AvgIpc) is 3.16. The second-order valence-electron chi connectivity index (χ2n) is 5.88. The van der Waals surface area contributed by atoms with Crippen molar-refractivity contribution in [2.24, 2.45) is 0 Å². The van der Waals surface area contributed by atoms with E-state index in [0.29, 0.717) is 12.1 Å². The first kappa shape index (κ1) is 17.2. The predicted octanol–water partition coefficient (Wildman–Crippen LogP) is 3.90. The van der Waals surface area contributed by atoms with E-state index in [1.165, 1.54) is 11.3 Å². The van der Waals surface area contributed by atoms with Crippen LogP contribution in [0.5, 0.6) is 0 Å². The Morgan fingerprint density at radius 1 is 1.08 bits per heavy atom. The van der Waals surface area contributed by atoms with E-state index in [1.54, 1.807) is 11.4 Å². The molecule has 2 N–H and O–H groups in total. The van der Waals surface area contributed by atoms with Gasteiger partial charge in [-0.3, -0.25) is 9.59 Å².